The van der Waals surface area contributed by atoms with Crippen molar-refractivity contribution in [2.45, 2.75) is 6.42 Å². The van der Waals surface area contributed by atoms with Gasteiger partial charge in [-0.15, -0.1) is 0 Å². The number of aliphatic hydroxyl groups is 1. The minimum absolute atomic E-state index is 0.290. The summed E-state index contributed by atoms with van der Waals surface area (Å²) in [7, 11) is 1.69. The molecule has 0 spiro atoms. The van der Waals surface area contributed by atoms with Crippen LogP contribution in [0.1, 0.15) is 6.42 Å². The molecule has 0 aliphatic carbocycles. The summed E-state index contributed by atoms with van der Waals surface area (Å²) in [5, 5.41) is 8.83. The van der Waals surface area contributed by atoms with Crippen LogP contribution in [0.3, 0.4) is 0 Å². The van der Waals surface area contributed by atoms with Crippen LogP contribution in [0.2, 0.25) is 0 Å². The highest BCUT2D eigenvalue weighted by atomic mass is 16.5. The minimum atomic E-state index is 0.290. The lowest BCUT2D eigenvalue weighted by molar-refractivity contribution is 0.216. The molecular formula is C14H22N2O2. The molecule has 4 nitrogen and oxygen atoms in total. The van der Waals surface area contributed by atoms with Gasteiger partial charge >= 0.3 is 0 Å². The Morgan fingerprint density at radius 3 is 2.33 bits per heavy atom. The molecule has 0 unspecified atom stereocenters. The molecule has 18 heavy (non-hydrogen) atoms. The van der Waals surface area contributed by atoms with Crippen LogP contribution in [0.4, 0.5) is 5.69 Å². The van der Waals surface area contributed by atoms with E-state index in [1.807, 2.05) is 12.1 Å². The second-order valence-electron chi connectivity index (χ2n) is 4.60. The molecule has 1 fully saturated rings. The van der Waals surface area contributed by atoms with E-state index >= 15 is 0 Å². The summed E-state index contributed by atoms with van der Waals surface area (Å²) in [6.45, 7) is 5.55. The third-order valence-electron chi connectivity index (χ3n) is 3.44. The van der Waals surface area contributed by atoms with E-state index in [4.69, 9.17) is 9.84 Å². The highest BCUT2D eigenvalue weighted by Gasteiger charge is 2.16. The van der Waals surface area contributed by atoms with E-state index in [0.717, 1.165) is 44.9 Å². The predicted octanol–water partition coefficient (Wildman–Crippen LogP) is 1.20. The zero-order valence-electron chi connectivity index (χ0n) is 11.0. The lowest BCUT2D eigenvalue weighted by Crippen LogP contribution is -2.46. The van der Waals surface area contributed by atoms with E-state index in [0.29, 0.717) is 6.61 Å². The van der Waals surface area contributed by atoms with Gasteiger partial charge in [0.2, 0.25) is 0 Å². The Balaban J connectivity index is 1.84. The number of rotatable bonds is 5. The standard InChI is InChI=1S/C14H22N2O2/c1-18-14-5-3-13(4-6-14)16-10-8-15(9-11-16)7-2-12-17/h3-6,17H,2,7-12H2,1H3. The fourth-order valence-corrected chi connectivity index (χ4v) is 2.32. The summed E-state index contributed by atoms with van der Waals surface area (Å²) in [6, 6.07) is 8.24. The lowest BCUT2D eigenvalue weighted by atomic mass is 10.2. The summed E-state index contributed by atoms with van der Waals surface area (Å²) in [5.74, 6) is 0.903. The first-order valence-electron chi connectivity index (χ1n) is 6.55. The number of hydrogen-bond acceptors (Lipinski definition) is 4. The van der Waals surface area contributed by atoms with Gasteiger partial charge in [0.05, 0.1) is 7.11 Å². The van der Waals surface area contributed by atoms with Gasteiger partial charge < -0.3 is 14.7 Å². The van der Waals surface area contributed by atoms with Crippen molar-refractivity contribution in [3.05, 3.63) is 24.3 Å². The topological polar surface area (TPSA) is 35.9 Å². The van der Waals surface area contributed by atoms with Crippen LogP contribution in [0.15, 0.2) is 24.3 Å². The maximum Gasteiger partial charge on any atom is 0.119 e. The van der Waals surface area contributed by atoms with Crippen molar-refractivity contribution in [3.63, 3.8) is 0 Å². The van der Waals surface area contributed by atoms with Crippen LogP contribution in [-0.2, 0) is 0 Å². The zero-order valence-corrected chi connectivity index (χ0v) is 11.0. The van der Waals surface area contributed by atoms with Gasteiger partial charge in [-0.1, -0.05) is 0 Å². The van der Waals surface area contributed by atoms with E-state index in [-0.39, 0.29) is 0 Å². The van der Waals surface area contributed by atoms with Crippen LogP contribution in [0, 0.1) is 0 Å². The Kier molecular flexibility index (Phi) is 4.84. The minimum Gasteiger partial charge on any atom is -0.497 e. The first kappa shape index (κ1) is 13.2. The molecule has 1 heterocycles. The quantitative estimate of drug-likeness (QED) is 0.852. The molecule has 0 bridgehead atoms. The predicted molar refractivity (Wildman–Crippen MR) is 73.3 cm³/mol. The average Bonchev–Trinajstić information content (AvgIpc) is 2.46. The fraction of sp³-hybridized carbons (Fsp3) is 0.571. The number of ether oxygens (including phenoxy) is 1. The zero-order chi connectivity index (χ0) is 12.8. The molecule has 1 saturated heterocycles. The number of piperazine rings is 1. The second kappa shape index (κ2) is 6.61. The number of anilines is 1. The fourth-order valence-electron chi connectivity index (χ4n) is 2.32. The Morgan fingerprint density at radius 2 is 1.78 bits per heavy atom. The average molecular weight is 250 g/mol. The maximum absolute atomic E-state index is 8.83. The van der Waals surface area contributed by atoms with Crippen molar-refractivity contribution < 1.29 is 9.84 Å². The molecule has 2 rings (SSSR count). The van der Waals surface area contributed by atoms with Crippen LogP contribution in [0.5, 0.6) is 5.75 Å². The van der Waals surface area contributed by atoms with Gasteiger partial charge in [-0.2, -0.15) is 0 Å². The molecule has 1 aliphatic heterocycles. The van der Waals surface area contributed by atoms with Gasteiger partial charge in [0.25, 0.3) is 0 Å². The Hall–Kier alpha value is -1.26. The van der Waals surface area contributed by atoms with Gasteiger partial charge in [0.15, 0.2) is 0 Å². The summed E-state index contributed by atoms with van der Waals surface area (Å²) in [5.41, 5.74) is 1.26. The van der Waals surface area contributed by atoms with Crippen LogP contribution >= 0.6 is 0 Å². The van der Waals surface area contributed by atoms with Crippen LogP contribution < -0.4 is 9.64 Å². The summed E-state index contributed by atoms with van der Waals surface area (Å²) >= 11 is 0. The van der Waals surface area contributed by atoms with E-state index in [1.165, 1.54) is 5.69 Å². The van der Waals surface area contributed by atoms with E-state index in [2.05, 4.69) is 21.9 Å². The molecule has 0 saturated carbocycles. The SMILES string of the molecule is COc1ccc(N2CCN(CCCO)CC2)cc1. The number of aliphatic hydroxyl groups excluding tert-OH is 1. The number of nitrogens with zero attached hydrogens (tertiary/aromatic N) is 2. The van der Waals surface area contributed by atoms with Crippen LogP contribution in [-0.4, -0.2) is 56.4 Å². The first-order chi connectivity index (χ1) is 8.83. The smallest absolute Gasteiger partial charge is 0.119 e. The van der Waals surface area contributed by atoms with Gasteiger partial charge in [-0.3, -0.25) is 4.90 Å². The monoisotopic (exact) mass is 250 g/mol. The second-order valence-corrected chi connectivity index (χ2v) is 4.60. The molecule has 1 aromatic rings. The maximum atomic E-state index is 8.83. The Morgan fingerprint density at radius 1 is 1.11 bits per heavy atom. The molecule has 0 aromatic heterocycles. The third-order valence-corrected chi connectivity index (χ3v) is 3.44. The molecule has 4 heteroatoms. The van der Waals surface area contributed by atoms with E-state index in [9.17, 15) is 0 Å². The summed E-state index contributed by atoms with van der Waals surface area (Å²) in [6.07, 6.45) is 0.878. The Labute approximate surface area is 109 Å². The van der Waals surface area contributed by atoms with Gasteiger partial charge in [0, 0.05) is 45.0 Å². The molecule has 0 atom stereocenters. The normalized spacial score (nSPS) is 16.9. The Bertz CT molecular complexity index is 345. The summed E-state index contributed by atoms with van der Waals surface area (Å²) < 4.78 is 5.17. The highest BCUT2D eigenvalue weighted by molar-refractivity contribution is 5.49. The molecule has 0 amide bonds. The highest BCUT2D eigenvalue weighted by Crippen LogP contribution is 2.20. The third kappa shape index (κ3) is 3.37. The molecule has 0 radical (unpaired) electrons. The molecule has 1 aromatic carbocycles. The van der Waals surface area contributed by atoms with E-state index < -0.39 is 0 Å². The van der Waals surface area contributed by atoms with Crippen molar-refractivity contribution >= 4 is 5.69 Å². The van der Waals surface area contributed by atoms with Crippen molar-refractivity contribution in [1.82, 2.24) is 4.90 Å². The van der Waals surface area contributed by atoms with Crippen LogP contribution in [0.25, 0.3) is 0 Å². The molecule has 1 aliphatic rings. The molecule has 100 valence electrons. The van der Waals surface area contributed by atoms with Gasteiger partial charge in [0.1, 0.15) is 5.75 Å². The number of methoxy groups -OCH3 is 1. The number of hydrogen-bond donors (Lipinski definition) is 1. The van der Waals surface area contributed by atoms with E-state index in [1.54, 1.807) is 7.11 Å². The first-order valence-corrected chi connectivity index (χ1v) is 6.55. The van der Waals surface area contributed by atoms with Crippen molar-refractivity contribution in [2.24, 2.45) is 0 Å². The van der Waals surface area contributed by atoms with Gasteiger partial charge in [-0.05, 0) is 30.7 Å². The molecular weight excluding hydrogens is 228 g/mol. The summed E-state index contributed by atoms with van der Waals surface area (Å²) in [4.78, 5) is 4.81. The molecule has 1 N–H and O–H groups in total. The lowest BCUT2D eigenvalue weighted by Gasteiger charge is -2.36. The number of benzene rings is 1. The van der Waals surface area contributed by atoms with Gasteiger partial charge in [-0.25, -0.2) is 0 Å². The van der Waals surface area contributed by atoms with Crippen molar-refractivity contribution in [1.29, 1.82) is 0 Å². The van der Waals surface area contributed by atoms with Crippen molar-refractivity contribution in [3.8, 4) is 5.75 Å². The van der Waals surface area contributed by atoms with Crippen molar-refractivity contribution in [2.75, 3.05) is 51.3 Å². The largest absolute Gasteiger partial charge is 0.497 e.